The van der Waals surface area contributed by atoms with Gasteiger partial charge in [-0.25, -0.2) is 0 Å². The van der Waals surface area contributed by atoms with E-state index in [0.29, 0.717) is 13.2 Å². The molecule has 0 aromatic carbocycles. The number of aromatic nitrogens is 1. The van der Waals surface area contributed by atoms with Gasteiger partial charge in [0.25, 0.3) is 0 Å². The Balaban J connectivity index is 2.04. The summed E-state index contributed by atoms with van der Waals surface area (Å²) in [6, 6.07) is 3.88. The Bertz CT molecular complexity index is 379. The first kappa shape index (κ1) is 14.2. The van der Waals surface area contributed by atoms with Crippen molar-refractivity contribution in [3.63, 3.8) is 0 Å². The highest BCUT2D eigenvalue weighted by molar-refractivity contribution is 5.74. The quantitative estimate of drug-likeness (QED) is 0.581. The van der Waals surface area contributed by atoms with E-state index in [1.807, 2.05) is 12.1 Å². The largest absolute Gasteiger partial charge is 0.466 e. The van der Waals surface area contributed by atoms with Crippen LogP contribution in [0.25, 0.3) is 0 Å². The molecule has 1 amide bonds. The third-order valence-electron chi connectivity index (χ3n) is 2.30. The Hall–Kier alpha value is -1.91. The van der Waals surface area contributed by atoms with Crippen LogP contribution in [0.1, 0.15) is 25.3 Å². The first-order valence-corrected chi connectivity index (χ1v) is 5.97. The summed E-state index contributed by atoms with van der Waals surface area (Å²) >= 11 is 0. The van der Waals surface area contributed by atoms with E-state index in [9.17, 15) is 9.59 Å². The van der Waals surface area contributed by atoms with Gasteiger partial charge in [0, 0.05) is 25.9 Å². The lowest BCUT2D eigenvalue weighted by Crippen LogP contribution is -2.23. The van der Waals surface area contributed by atoms with Gasteiger partial charge >= 0.3 is 5.97 Å². The van der Waals surface area contributed by atoms with Crippen molar-refractivity contribution >= 4 is 11.9 Å². The average Bonchev–Trinajstić information content (AvgIpc) is 2.35. The first-order chi connectivity index (χ1) is 8.68. The summed E-state index contributed by atoms with van der Waals surface area (Å²) in [4.78, 5) is 25.8. The molecule has 1 N–H and O–H groups in total. The van der Waals surface area contributed by atoms with Crippen molar-refractivity contribution in [3.8, 4) is 0 Å². The minimum absolute atomic E-state index is 0.139. The zero-order valence-electron chi connectivity index (χ0n) is 10.5. The number of pyridine rings is 1. The maximum atomic E-state index is 11.3. The molecule has 1 rings (SSSR count). The summed E-state index contributed by atoms with van der Waals surface area (Å²) in [5.41, 5.74) is 1.13. The fourth-order valence-electron chi connectivity index (χ4n) is 1.42. The summed E-state index contributed by atoms with van der Waals surface area (Å²) in [7, 11) is 0. The van der Waals surface area contributed by atoms with Gasteiger partial charge in [-0.05, 0) is 24.5 Å². The molecule has 98 valence electrons. The summed E-state index contributed by atoms with van der Waals surface area (Å²) in [5, 5.41) is 2.54. The van der Waals surface area contributed by atoms with Crippen LogP contribution in [0.3, 0.4) is 0 Å². The smallest absolute Gasteiger partial charge is 0.307 e. The number of amides is 1. The molecule has 0 fully saturated rings. The van der Waals surface area contributed by atoms with Crippen LogP contribution >= 0.6 is 0 Å². The van der Waals surface area contributed by atoms with Gasteiger partial charge in [0.2, 0.25) is 5.91 Å². The molecule has 0 spiro atoms. The van der Waals surface area contributed by atoms with E-state index >= 15 is 0 Å². The van der Waals surface area contributed by atoms with Crippen molar-refractivity contribution in [1.29, 1.82) is 0 Å². The van der Waals surface area contributed by atoms with E-state index in [0.717, 1.165) is 18.4 Å². The van der Waals surface area contributed by atoms with Crippen molar-refractivity contribution in [2.45, 2.75) is 26.2 Å². The number of carbonyl (C=O) groups is 2. The van der Waals surface area contributed by atoms with Crippen LogP contribution in [0.4, 0.5) is 0 Å². The highest BCUT2D eigenvalue weighted by Crippen LogP contribution is 2.00. The molecule has 0 bridgehead atoms. The molecule has 0 saturated heterocycles. The number of nitrogens with one attached hydrogen (secondary N) is 1. The third-order valence-corrected chi connectivity index (χ3v) is 2.30. The highest BCUT2D eigenvalue weighted by atomic mass is 16.5. The van der Waals surface area contributed by atoms with Crippen molar-refractivity contribution < 1.29 is 14.3 Å². The van der Waals surface area contributed by atoms with E-state index in [2.05, 4.69) is 10.3 Å². The Kier molecular flexibility index (Phi) is 6.46. The fraction of sp³-hybridized carbons (Fsp3) is 0.462. The van der Waals surface area contributed by atoms with Crippen LogP contribution < -0.4 is 5.32 Å². The third kappa shape index (κ3) is 6.62. The van der Waals surface area contributed by atoms with Crippen LogP contribution in [0, 0.1) is 0 Å². The highest BCUT2D eigenvalue weighted by Gasteiger charge is 2.02. The average molecular weight is 250 g/mol. The van der Waals surface area contributed by atoms with Crippen molar-refractivity contribution in [2.75, 3.05) is 13.2 Å². The Morgan fingerprint density at radius 2 is 2.28 bits per heavy atom. The molecule has 0 aliphatic carbocycles. The fourth-order valence-corrected chi connectivity index (χ4v) is 1.42. The van der Waals surface area contributed by atoms with Crippen LogP contribution in [-0.4, -0.2) is 30.0 Å². The van der Waals surface area contributed by atoms with Crippen LogP contribution in [0.15, 0.2) is 24.5 Å². The number of nitrogens with zero attached hydrogens (tertiary/aromatic N) is 1. The normalized spacial score (nSPS) is 9.83. The minimum Gasteiger partial charge on any atom is -0.466 e. The number of rotatable bonds is 7. The number of aryl methyl sites for hydroxylation is 1. The van der Waals surface area contributed by atoms with Crippen molar-refractivity contribution in [1.82, 2.24) is 10.3 Å². The molecule has 5 nitrogen and oxygen atoms in total. The van der Waals surface area contributed by atoms with E-state index < -0.39 is 0 Å². The van der Waals surface area contributed by atoms with Crippen LogP contribution in [0.2, 0.25) is 0 Å². The number of hydrogen-bond donors (Lipinski definition) is 1. The second-order valence-electron chi connectivity index (χ2n) is 3.92. The molecule has 1 heterocycles. The topological polar surface area (TPSA) is 68.3 Å². The predicted molar refractivity (Wildman–Crippen MR) is 66.8 cm³/mol. The van der Waals surface area contributed by atoms with E-state index in [1.165, 1.54) is 6.92 Å². The second kappa shape index (κ2) is 8.22. The van der Waals surface area contributed by atoms with Crippen LogP contribution in [-0.2, 0) is 20.7 Å². The van der Waals surface area contributed by atoms with E-state index in [-0.39, 0.29) is 18.3 Å². The van der Waals surface area contributed by atoms with Crippen LogP contribution in [0.5, 0.6) is 0 Å². The van der Waals surface area contributed by atoms with E-state index in [1.54, 1.807) is 12.4 Å². The summed E-state index contributed by atoms with van der Waals surface area (Å²) < 4.78 is 5.03. The second-order valence-corrected chi connectivity index (χ2v) is 3.92. The molecule has 18 heavy (non-hydrogen) atoms. The Labute approximate surface area is 107 Å². The number of hydrogen-bond acceptors (Lipinski definition) is 4. The SMILES string of the molecule is CC(=O)NCCC(=O)OCCCc1cccnc1. The maximum Gasteiger partial charge on any atom is 0.307 e. The van der Waals surface area contributed by atoms with Crippen molar-refractivity contribution in [2.24, 2.45) is 0 Å². The van der Waals surface area contributed by atoms with Gasteiger partial charge in [0.1, 0.15) is 0 Å². The molecule has 0 unspecified atom stereocenters. The Morgan fingerprint density at radius 3 is 2.94 bits per heavy atom. The maximum absolute atomic E-state index is 11.3. The van der Waals surface area contributed by atoms with Gasteiger partial charge in [0.05, 0.1) is 13.0 Å². The molecule has 0 radical (unpaired) electrons. The lowest BCUT2D eigenvalue weighted by atomic mass is 10.2. The molecule has 0 atom stereocenters. The number of ether oxygens (including phenoxy) is 1. The predicted octanol–water partition coefficient (Wildman–Crippen LogP) is 1.08. The lowest BCUT2D eigenvalue weighted by molar-refractivity contribution is -0.143. The van der Waals surface area contributed by atoms with E-state index in [4.69, 9.17) is 4.74 Å². The molecular formula is C13H18N2O3. The standard InChI is InChI=1S/C13H18N2O3/c1-11(16)15-8-6-13(17)18-9-3-5-12-4-2-7-14-10-12/h2,4,7,10H,3,5-6,8-9H2,1H3,(H,15,16). The zero-order chi connectivity index (χ0) is 13.2. The van der Waals surface area contributed by atoms with Gasteiger partial charge in [0.15, 0.2) is 0 Å². The minimum atomic E-state index is -0.282. The molecule has 0 aliphatic rings. The summed E-state index contributed by atoms with van der Waals surface area (Å²) in [6.45, 7) is 2.14. The molecule has 0 saturated carbocycles. The van der Waals surface area contributed by atoms with Gasteiger partial charge in [-0.15, -0.1) is 0 Å². The zero-order valence-corrected chi connectivity index (χ0v) is 10.5. The van der Waals surface area contributed by atoms with Crippen molar-refractivity contribution in [3.05, 3.63) is 30.1 Å². The van der Waals surface area contributed by atoms with Gasteiger partial charge in [-0.2, -0.15) is 0 Å². The molecule has 0 aliphatic heterocycles. The monoisotopic (exact) mass is 250 g/mol. The van der Waals surface area contributed by atoms with Gasteiger partial charge < -0.3 is 10.1 Å². The number of carbonyl (C=O) groups excluding carboxylic acids is 2. The summed E-state index contributed by atoms with van der Waals surface area (Å²) in [6.07, 6.45) is 5.36. The first-order valence-electron chi connectivity index (χ1n) is 5.97. The molecular weight excluding hydrogens is 232 g/mol. The van der Waals surface area contributed by atoms with Gasteiger partial charge in [-0.3, -0.25) is 14.6 Å². The molecule has 5 heteroatoms. The van der Waals surface area contributed by atoms with Gasteiger partial charge in [-0.1, -0.05) is 6.07 Å². The molecule has 1 aromatic rings. The number of esters is 1. The Morgan fingerprint density at radius 1 is 1.44 bits per heavy atom. The summed E-state index contributed by atoms with van der Waals surface area (Å²) in [5.74, 6) is -0.422. The molecule has 1 aromatic heterocycles. The lowest BCUT2D eigenvalue weighted by Gasteiger charge is -2.05.